The van der Waals surface area contributed by atoms with Gasteiger partial charge < -0.3 is 20.7 Å². The molecule has 1 aliphatic rings. The number of thiazole rings is 1. The summed E-state index contributed by atoms with van der Waals surface area (Å²) in [6.07, 6.45) is 3.94. The largest absolute Gasteiger partial charge is 0.457 e. The average Bonchev–Trinajstić information content (AvgIpc) is 3.30. The minimum absolute atomic E-state index is 0.0986. The van der Waals surface area contributed by atoms with E-state index < -0.39 is 35.6 Å². The van der Waals surface area contributed by atoms with Crippen molar-refractivity contribution in [1.29, 1.82) is 0 Å². The van der Waals surface area contributed by atoms with Gasteiger partial charge in [-0.15, -0.1) is 17.9 Å². The minimum Gasteiger partial charge on any atom is -0.457 e. The van der Waals surface area contributed by atoms with Gasteiger partial charge in [0.2, 0.25) is 0 Å². The lowest BCUT2D eigenvalue weighted by molar-refractivity contribution is -0.156. The lowest BCUT2D eigenvalue weighted by Gasteiger charge is -2.35. The molecule has 0 aliphatic carbocycles. The fourth-order valence-corrected chi connectivity index (χ4v) is 5.88. The first kappa shape index (κ1) is 30.2. The van der Waals surface area contributed by atoms with Gasteiger partial charge in [-0.2, -0.15) is 0 Å². The van der Waals surface area contributed by atoms with Crippen LogP contribution in [0.4, 0.5) is 0 Å². The van der Waals surface area contributed by atoms with Crippen molar-refractivity contribution in [2.24, 2.45) is 23.0 Å². The van der Waals surface area contributed by atoms with Crippen molar-refractivity contribution in [2.45, 2.75) is 91.1 Å². The second kappa shape index (κ2) is 13.1. The number of hydrogen-bond acceptors (Lipinski definition) is 8. The average molecular weight is 543 g/mol. The Hall–Kier alpha value is -2.39. The fraction of sp³-hybridized carbons (Fsp3) is 0.567. The lowest BCUT2D eigenvalue weighted by atomic mass is 9.71. The molecule has 7 nitrogen and oxygen atoms in total. The summed E-state index contributed by atoms with van der Waals surface area (Å²) in [7, 11) is 0. The Morgan fingerprint density at radius 2 is 2.03 bits per heavy atom. The first-order valence-electron chi connectivity index (χ1n) is 13.4. The highest BCUT2D eigenvalue weighted by Gasteiger charge is 2.43. The van der Waals surface area contributed by atoms with Crippen LogP contribution in [0.5, 0.6) is 0 Å². The number of ketones is 1. The maximum Gasteiger partial charge on any atom is 0.309 e. The zero-order chi connectivity index (χ0) is 28.0. The van der Waals surface area contributed by atoms with Crippen molar-refractivity contribution in [1.82, 2.24) is 4.98 Å². The van der Waals surface area contributed by atoms with E-state index in [0.29, 0.717) is 19.4 Å². The van der Waals surface area contributed by atoms with Crippen LogP contribution < -0.4 is 5.73 Å². The predicted molar refractivity (Wildman–Crippen MR) is 151 cm³/mol. The van der Waals surface area contributed by atoms with Gasteiger partial charge in [-0.3, -0.25) is 9.59 Å². The number of aromatic nitrogens is 1. The van der Waals surface area contributed by atoms with Gasteiger partial charge in [0.05, 0.1) is 34.3 Å². The number of nitrogens with zero attached hydrogens (tertiary/aromatic N) is 1. The van der Waals surface area contributed by atoms with Gasteiger partial charge in [-0.25, -0.2) is 4.98 Å². The molecule has 3 rings (SSSR count). The third-order valence-electron chi connectivity index (χ3n) is 7.77. The Balaban J connectivity index is 1.93. The number of cyclic esters (lactones) is 1. The van der Waals surface area contributed by atoms with E-state index in [9.17, 15) is 19.8 Å². The molecule has 5 atom stereocenters. The molecule has 1 aromatic carbocycles. The molecule has 0 bridgehead atoms. The molecule has 38 heavy (non-hydrogen) atoms. The maximum atomic E-state index is 13.6. The number of carbonyl (C=O) groups is 2. The Bertz CT molecular complexity index is 1170. The van der Waals surface area contributed by atoms with Crippen LogP contribution >= 0.6 is 11.3 Å². The number of nitrogens with two attached hydrogens (primary N) is 1. The highest BCUT2D eigenvalue weighted by Crippen LogP contribution is 2.35. The molecule has 4 N–H and O–H groups in total. The summed E-state index contributed by atoms with van der Waals surface area (Å²) in [5.41, 5.74) is 7.30. The van der Waals surface area contributed by atoms with Crippen LogP contribution in [0.1, 0.15) is 82.9 Å². The van der Waals surface area contributed by atoms with Gasteiger partial charge in [0.25, 0.3) is 0 Å². The van der Waals surface area contributed by atoms with Crippen molar-refractivity contribution in [2.75, 3.05) is 0 Å². The second-order valence-electron chi connectivity index (χ2n) is 11.1. The van der Waals surface area contributed by atoms with Crippen LogP contribution in [0.2, 0.25) is 0 Å². The molecule has 1 aliphatic heterocycles. The highest BCUT2D eigenvalue weighted by atomic mass is 32.1. The quantitative estimate of drug-likeness (QED) is 0.349. The number of esters is 1. The van der Waals surface area contributed by atoms with E-state index in [-0.39, 0.29) is 18.1 Å². The topological polar surface area (TPSA) is 123 Å². The minimum atomic E-state index is -1.27. The molecule has 0 fully saturated rings. The van der Waals surface area contributed by atoms with Crippen LogP contribution in [0.25, 0.3) is 10.2 Å². The summed E-state index contributed by atoms with van der Waals surface area (Å²) in [4.78, 5) is 31.2. The second-order valence-corrected chi connectivity index (χ2v) is 12.2. The van der Waals surface area contributed by atoms with Crippen molar-refractivity contribution in [3.05, 3.63) is 53.1 Å². The number of aliphatic hydroxyl groups excluding tert-OH is 2. The summed E-state index contributed by atoms with van der Waals surface area (Å²) in [5, 5.41) is 22.9. The van der Waals surface area contributed by atoms with E-state index in [0.717, 1.165) is 40.1 Å². The number of allylic oxidation sites excluding steroid dienone is 2. The molecule has 0 radical (unpaired) electrons. The SMILES string of the molecule is C=CCC1C(=O)C(C)(C)C(O)CC(=O)OC(c2ccc3sc(CN)nc3c2)C/C=C(/C)CCCC(C)C1O. The van der Waals surface area contributed by atoms with Crippen molar-refractivity contribution in [3.8, 4) is 0 Å². The smallest absolute Gasteiger partial charge is 0.309 e. The van der Waals surface area contributed by atoms with Crippen LogP contribution in [0.3, 0.4) is 0 Å². The van der Waals surface area contributed by atoms with E-state index >= 15 is 0 Å². The summed E-state index contributed by atoms with van der Waals surface area (Å²) >= 11 is 1.54. The highest BCUT2D eigenvalue weighted by molar-refractivity contribution is 7.18. The van der Waals surface area contributed by atoms with Gasteiger partial charge in [0, 0.05) is 18.9 Å². The summed E-state index contributed by atoms with van der Waals surface area (Å²) < 4.78 is 6.93. The monoisotopic (exact) mass is 542 g/mol. The van der Waals surface area contributed by atoms with E-state index in [2.05, 4.69) is 24.6 Å². The Morgan fingerprint density at radius 3 is 2.71 bits per heavy atom. The Kier molecular flexibility index (Phi) is 10.4. The van der Waals surface area contributed by atoms with Gasteiger partial charge in [0.1, 0.15) is 16.9 Å². The summed E-state index contributed by atoms with van der Waals surface area (Å²) in [6, 6.07) is 5.83. The van der Waals surface area contributed by atoms with E-state index in [1.54, 1.807) is 19.9 Å². The van der Waals surface area contributed by atoms with Gasteiger partial charge in [0.15, 0.2) is 0 Å². The molecular formula is C30H42N2O5S. The predicted octanol–water partition coefficient (Wildman–Crippen LogP) is 5.40. The Labute approximate surface area is 229 Å². The molecule has 2 heterocycles. The molecule has 5 unspecified atom stereocenters. The van der Waals surface area contributed by atoms with Crippen molar-refractivity contribution < 1.29 is 24.5 Å². The van der Waals surface area contributed by atoms with Crippen molar-refractivity contribution in [3.63, 3.8) is 0 Å². The molecule has 2 aromatic rings. The maximum absolute atomic E-state index is 13.6. The Morgan fingerprint density at radius 1 is 1.29 bits per heavy atom. The van der Waals surface area contributed by atoms with E-state index in [1.165, 1.54) is 16.9 Å². The normalized spacial score (nSPS) is 29.4. The lowest BCUT2D eigenvalue weighted by Crippen LogP contribution is -2.46. The molecule has 0 spiro atoms. The molecule has 0 saturated heterocycles. The number of ether oxygens (including phenoxy) is 1. The molecule has 0 amide bonds. The summed E-state index contributed by atoms with van der Waals surface area (Å²) in [6.45, 7) is 11.4. The van der Waals surface area contributed by atoms with Crippen LogP contribution in [-0.2, 0) is 20.9 Å². The first-order valence-corrected chi connectivity index (χ1v) is 14.2. The standard InChI is InChI=1S/C30H42N2O5S/c1-6-8-21-28(35)19(3)10-7-9-18(2)11-13-23(37-27(34)16-25(33)30(4,5)29(21)36)20-12-14-24-22(15-20)32-26(17-31)38-24/h6,11-12,14-15,19,21,23,25,28,33,35H,1,7-10,13,16-17,31H2,2-5H3/b18-11-. The summed E-state index contributed by atoms with van der Waals surface area (Å²) in [5.74, 6) is -1.67. The zero-order valence-electron chi connectivity index (χ0n) is 23.0. The molecule has 1 aromatic heterocycles. The molecule has 8 heteroatoms. The third kappa shape index (κ3) is 7.17. The van der Waals surface area contributed by atoms with E-state index in [1.807, 2.05) is 25.1 Å². The number of rotatable bonds is 4. The molecule has 208 valence electrons. The number of Topliss-reactive ketones (excluding diaryl/α,β-unsaturated/α-hetero) is 1. The zero-order valence-corrected chi connectivity index (χ0v) is 23.8. The third-order valence-corrected chi connectivity index (χ3v) is 8.83. The van der Waals surface area contributed by atoms with Gasteiger partial charge >= 0.3 is 5.97 Å². The van der Waals surface area contributed by atoms with Crippen LogP contribution in [-0.4, -0.2) is 39.2 Å². The number of benzene rings is 1. The number of hydrogen-bond donors (Lipinski definition) is 3. The number of fused-ring (bicyclic) bond motifs is 1. The van der Waals surface area contributed by atoms with Crippen LogP contribution in [0, 0.1) is 17.3 Å². The van der Waals surface area contributed by atoms with E-state index in [4.69, 9.17) is 10.5 Å². The number of carbonyl (C=O) groups excluding carboxylic acids is 2. The fourth-order valence-electron chi connectivity index (χ4n) is 5.06. The number of aliphatic hydroxyl groups is 2. The van der Waals surface area contributed by atoms with Crippen molar-refractivity contribution >= 4 is 33.3 Å². The van der Waals surface area contributed by atoms with Gasteiger partial charge in [-0.1, -0.05) is 44.6 Å². The molecule has 0 saturated carbocycles. The first-order chi connectivity index (χ1) is 18.0. The van der Waals surface area contributed by atoms with Crippen LogP contribution in [0.15, 0.2) is 42.5 Å². The van der Waals surface area contributed by atoms with Gasteiger partial charge in [-0.05, 0) is 56.2 Å². The molecular weight excluding hydrogens is 500 g/mol.